The molecule has 0 spiro atoms. The van der Waals surface area contributed by atoms with Crippen molar-refractivity contribution in [2.75, 3.05) is 45.7 Å². The first kappa shape index (κ1) is 19.4. The largest absolute Gasteiger partial charge is 0.493 e. The first-order valence-corrected chi connectivity index (χ1v) is 9.20. The highest BCUT2D eigenvalue weighted by atomic mass is 16.5. The average Bonchev–Trinajstić information content (AvgIpc) is 2.63. The maximum absolute atomic E-state index is 5.55. The summed E-state index contributed by atoms with van der Waals surface area (Å²) < 4.78 is 10.9. The molecule has 1 unspecified atom stereocenters. The lowest BCUT2D eigenvalue weighted by Crippen LogP contribution is -2.43. The Morgan fingerprint density at radius 2 is 2.16 bits per heavy atom. The lowest BCUT2D eigenvalue weighted by atomic mass is 10.0. The van der Waals surface area contributed by atoms with Gasteiger partial charge in [-0.25, -0.2) is 0 Å². The first-order chi connectivity index (χ1) is 12.2. The van der Waals surface area contributed by atoms with Crippen molar-refractivity contribution in [3.63, 3.8) is 0 Å². The van der Waals surface area contributed by atoms with Crippen LogP contribution < -0.4 is 20.1 Å². The summed E-state index contributed by atoms with van der Waals surface area (Å²) in [6.45, 7) is 8.00. The van der Waals surface area contributed by atoms with Crippen molar-refractivity contribution < 1.29 is 9.47 Å². The molecule has 1 heterocycles. The Kier molecular flexibility index (Phi) is 7.85. The summed E-state index contributed by atoms with van der Waals surface area (Å²) in [4.78, 5) is 6.85. The van der Waals surface area contributed by atoms with Crippen molar-refractivity contribution in [3.05, 3.63) is 18.2 Å². The van der Waals surface area contributed by atoms with Crippen LogP contribution in [0.3, 0.4) is 0 Å². The second kappa shape index (κ2) is 10.1. The molecule has 2 N–H and O–H groups in total. The third kappa shape index (κ3) is 5.81. The maximum atomic E-state index is 5.55. The van der Waals surface area contributed by atoms with Crippen molar-refractivity contribution in [1.82, 2.24) is 10.2 Å². The summed E-state index contributed by atoms with van der Waals surface area (Å²) >= 11 is 0. The topological polar surface area (TPSA) is 58.1 Å². The number of ether oxygens (including phenoxy) is 2. The molecule has 1 aromatic rings. The third-order valence-electron chi connectivity index (χ3n) is 4.58. The maximum Gasteiger partial charge on any atom is 0.195 e. The summed E-state index contributed by atoms with van der Waals surface area (Å²) in [6, 6.07) is 6.48. The predicted molar refractivity (Wildman–Crippen MR) is 104 cm³/mol. The quantitative estimate of drug-likeness (QED) is 0.586. The number of nitrogens with zero attached hydrogens (tertiary/aromatic N) is 2. The van der Waals surface area contributed by atoms with Gasteiger partial charge in [0.2, 0.25) is 0 Å². The van der Waals surface area contributed by atoms with Gasteiger partial charge in [-0.3, -0.25) is 9.89 Å². The van der Waals surface area contributed by atoms with Gasteiger partial charge < -0.3 is 20.1 Å². The highest BCUT2D eigenvalue weighted by molar-refractivity contribution is 5.93. The number of methoxy groups -OCH3 is 1. The van der Waals surface area contributed by atoms with Crippen molar-refractivity contribution >= 4 is 11.6 Å². The van der Waals surface area contributed by atoms with E-state index in [1.54, 1.807) is 14.2 Å². The van der Waals surface area contributed by atoms with Crippen molar-refractivity contribution in [3.8, 4) is 11.5 Å². The molecule has 0 bridgehead atoms. The number of aliphatic imine (C=N–C) groups is 1. The zero-order valence-electron chi connectivity index (χ0n) is 16.0. The van der Waals surface area contributed by atoms with Gasteiger partial charge in [0.05, 0.1) is 13.7 Å². The molecule has 1 saturated heterocycles. The van der Waals surface area contributed by atoms with Gasteiger partial charge in [-0.2, -0.15) is 0 Å². The lowest BCUT2D eigenvalue weighted by Gasteiger charge is -2.33. The van der Waals surface area contributed by atoms with Gasteiger partial charge >= 0.3 is 0 Å². The van der Waals surface area contributed by atoms with Crippen LogP contribution in [0.1, 0.15) is 33.1 Å². The van der Waals surface area contributed by atoms with Crippen LogP contribution in [-0.2, 0) is 0 Å². The number of hydrogen-bond donors (Lipinski definition) is 2. The van der Waals surface area contributed by atoms with E-state index in [0.717, 1.165) is 30.5 Å². The van der Waals surface area contributed by atoms with E-state index >= 15 is 0 Å². The summed E-state index contributed by atoms with van der Waals surface area (Å²) in [7, 11) is 3.43. The first-order valence-electron chi connectivity index (χ1n) is 9.20. The fourth-order valence-corrected chi connectivity index (χ4v) is 3.14. The fraction of sp³-hybridized carbons (Fsp3) is 0.632. The molecule has 1 aromatic carbocycles. The summed E-state index contributed by atoms with van der Waals surface area (Å²) in [5.74, 6) is 2.22. The molecular formula is C19H32N4O2. The van der Waals surface area contributed by atoms with Gasteiger partial charge in [-0.05, 0) is 45.4 Å². The van der Waals surface area contributed by atoms with Crippen LogP contribution in [0.2, 0.25) is 0 Å². The number of rotatable bonds is 7. The second-order valence-corrected chi connectivity index (χ2v) is 6.30. The summed E-state index contributed by atoms with van der Waals surface area (Å²) in [5, 5.41) is 6.69. The van der Waals surface area contributed by atoms with Crippen LogP contribution in [-0.4, -0.2) is 57.3 Å². The molecule has 1 aliphatic heterocycles. The Labute approximate surface area is 151 Å². The fourth-order valence-electron chi connectivity index (χ4n) is 3.14. The van der Waals surface area contributed by atoms with Crippen LogP contribution in [0.5, 0.6) is 11.5 Å². The molecule has 0 aromatic heterocycles. The zero-order valence-corrected chi connectivity index (χ0v) is 16.0. The highest BCUT2D eigenvalue weighted by Gasteiger charge is 2.17. The lowest BCUT2D eigenvalue weighted by molar-refractivity contribution is 0.164. The van der Waals surface area contributed by atoms with Crippen LogP contribution in [0.4, 0.5) is 5.69 Å². The molecule has 0 aliphatic carbocycles. The average molecular weight is 348 g/mol. The number of nitrogens with one attached hydrogen (secondary N) is 2. The highest BCUT2D eigenvalue weighted by Crippen LogP contribution is 2.30. The van der Waals surface area contributed by atoms with Gasteiger partial charge in [0.25, 0.3) is 0 Å². The molecule has 0 saturated carbocycles. The number of anilines is 1. The minimum absolute atomic E-state index is 0.612. The Morgan fingerprint density at radius 3 is 2.84 bits per heavy atom. The smallest absolute Gasteiger partial charge is 0.195 e. The van der Waals surface area contributed by atoms with Gasteiger partial charge in [0, 0.05) is 37.9 Å². The molecule has 140 valence electrons. The van der Waals surface area contributed by atoms with Crippen LogP contribution in [0, 0.1) is 0 Å². The molecule has 2 rings (SSSR count). The SMILES string of the molecule is CCOc1ccc(NC(=NC)NCCN2CCCCC2C)cc1OC. The molecule has 6 heteroatoms. The van der Waals surface area contributed by atoms with Crippen molar-refractivity contribution in [2.24, 2.45) is 4.99 Å². The van der Waals surface area contributed by atoms with Crippen LogP contribution >= 0.6 is 0 Å². The minimum atomic E-state index is 0.612. The Balaban J connectivity index is 1.87. The molecule has 0 radical (unpaired) electrons. The standard InChI is InChI=1S/C19H32N4O2/c1-5-25-17-10-9-16(14-18(17)24-4)22-19(20-3)21-11-13-23-12-7-6-8-15(23)2/h9-10,14-15H,5-8,11-13H2,1-4H3,(H2,20,21,22). The van der Waals surface area contributed by atoms with E-state index in [4.69, 9.17) is 9.47 Å². The zero-order chi connectivity index (χ0) is 18.1. The number of piperidine rings is 1. The van der Waals surface area contributed by atoms with Crippen molar-refractivity contribution in [1.29, 1.82) is 0 Å². The van der Waals surface area contributed by atoms with E-state index in [1.807, 2.05) is 25.1 Å². The van der Waals surface area contributed by atoms with Crippen LogP contribution in [0.25, 0.3) is 0 Å². The predicted octanol–water partition coefficient (Wildman–Crippen LogP) is 2.96. The van der Waals surface area contributed by atoms with Crippen molar-refractivity contribution in [2.45, 2.75) is 39.2 Å². The van der Waals surface area contributed by atoms with E-state index in [2.05, 4.69) is 27.4 Å². The Bertz CT molecular complexity index is 562. The van der Waals surface area contributed by atoms with Gasteiger partial charge in [0.1, 0.15) is 0 Å². The van der Waals surface area contributed by atoms with E-state index < -0.39 is 0 Å². The normalized spacial score (nSPS) is 18.7. The van der Waals surface area contributed by atoms with Crippen LogP contribution in [0.15, 0.2) is 23.2 Å². The molecule has 6 nitrogen and oxygen atoms in total. The minimum Gasteiger partial charge on any atom is -0.493 e. The number of hydrogen-bond acceptors (Lipinski definition) is 4. The monoisotopic (exact) mass is 348 g/mol. The Hall–Kier alpha value is -1.95. The third-order valence-corrected chi connectivity index (χ3v) is 4.58. The molecule has 1 aliphatic rings. The van der Waals surface area contributed by atoms with E-state index in [-0.39, 0.29) is 0 Å². The van der Waals surface area contributed by atoms with Gasteiger partial charge in [0.15, 0.2) is 17.5 Å². The molecular weight excluding hydrogens is 316 g/mol. The molecule has 25 heavy (non-hydrogen) atoms. The summed E-state index contributed by atoms with van der Waals surface area (Å²) in [5.41, 5.74) is 0.916. The second-order valence-electron chi connectivity index (χ2n) is 6.30. The number of guanidine groups is 1. The molecule has 1 atom stereocenters. The van der Waals surface area contributed by atoms with Gasteiger partial charge in [-0.1, -0.05) is 6.42 Å². The molecule has 0 amide bonds. The van der Waals surface area contributed by atoms with Gasteiger partial charge in [-0.15, -0.1) is 0 Å². The van der Waals surface area contributed by atoms with E-state index in [9.17, 15) is 0 Å². The summed E-state index contributed by atoms with van der Waals surface area (Å²) in [6.07, 6.45) is 3.97. The Morgan fingerprint density at radius 1 is 1.32 bits per heavy atom. The van der Waals surface area contributed by atoms with E-state index in [0.29, 0.717) is 18.4 Å². The molecule has 1 fully saturated rings. The number of benzene rings is 1. The van der Waals surface area contributed by atoms with E-state index in [1.165, 1.54) is 25.8 Å². The number of likely N-dealkylation sites (tertiary alicyclic amines) is 1.